The van der Waals surface area contributed by atoms with Gasteiger partial charge in [-0.15, -0.1) is 11.3 Å². The predicted molar refractivity (Wildman–Crippen MR) is 82.9 cm³/mol. The number of carbonyl (C=O) groups is 1. The van der Waals surface area contributed by atoms with Crippen LogP contribution >= 0.6 is 11.3 Å². The van der Waals surface area contributed by atoms with Crippen molar-refractivity contribution in [2.75, 3.05) is 6.54 Å². The van der Waals surface area contributed by atoms with Gasteiger partial charge in [-0.2, -0.15) is 0 Å². The van der Waals surface area contributed by atoms with Crippen LogP contribution in [0, 0.1) is 5.92 Å². The van der Waals surface area contributed by atoms with Crippen molar-refractivity contribution in [3.05, 3.63) is 21.9 Å². The molecule has 0 radical (unpaired) electrons. The molecule has 0 bridgehead atoms. The van der Waals surface area contributed by atoms with Gasteiger partial charge in [-0.05, 0) is 61.6 Å². The van der Waals surface area contributed by atoms with E-state index >= 15 is 0 Å². The first-order chi connectivity index (χ1) is 9.78. The molecule has 2 heterocycles. The smallest absolute Gasteiger partial charge is 0.237 e. The zero-order chi connectivity index (χ0) is 13.9. The van der Waals surface area contributed by atoms with Gasteiger partial charge in [0.15, 0.2) is 0 Å². The van der Waals surface area contributed by atoms with Crippen LogP contribution in [0.25, 0.3) is 0 Å². The Hall–Kier alpha value is -0.870. The summed E-state index contributed by atoms with van der Waals surface area (Å²) in [5, 5.41) is 8.82. The summed E-state index contributed by atoms with van der Waals surface area (Å²) in [5.74, 6) is 0.905. The SMILES string of the molecule is CCC1CCNC(C(=O)NC2CCCc3sccc32)C1. The van der Waals surface area contributed by atoms with Crippen molar-refractivity contribution in [3.63, 3.8) is 0 Å². The van der Waals surface area contributed by atoms with Gasteiger partial charge in [-0.1, -0.05) is 13.3 Å². The fraction of sp³-hybridized carbons (Fsp3) is 0.688. The molecule has 1 aliphatic carbocycles. The van der Waals surface area contributed by atoms with Gasteiger partial charge >= 0.3 is 0 Å². The van der Waals surface area contributed by atoms with Crippen molar-refractivity contribution in [2.24, 2.45) is 5.92 Å². The lowest BCUT2D eigenvalue weighted by Gasteiger charge is -2.31. The van der Waals surface area contributed by atoms with Crippen LogP contribution in [0.5, 0.6) is 0 Å². The maximum Gasteiger partial charge on any atom is 0.237 e. The second kappa shape index (κ2) is 6.27. The van der Waals surface area contributed by atoms with E-state index in [2.05, 4.69) is 29.0 Å². The van der Waals surface area contributed by atoms with Gasteiger partial charge in [0, 0.05) is 4.88 Å². The van der Waals surface area contributed by atoms with Crippen LogP contribution in [0.3, 0.4) is 0 Å². The van der Waals surface area contributed by atoms with Gasteiger partial charge in [-0.3, -0.25) is 4.79 Å². The highest BCUT2D eigenvalue weighted by atomic mass is 32.1. The molecule has 3 rings (SSSR count). The van der Waals surface area contributed by atoms with E-state index in [-0.39, 0.29) is 18.0 Å². The van der Waals surface area contributed by atoms with Gasteiger partial charge < -0.3 is 10.6 Å². The molecule has 0 spiro atoms. The van der Waals surface area contributed by atoms with E-state index in [9.17, 15) is 4.79 Å². The standard InChI is InChI=1S/C16H24N2OS/c1-2-11-6-8-17-14(10-11)16(19)18-13-4-3-5-15-12(13)7-9-20-15/h7,9,11,13-14,17H,2-6,8,10H2,1H3,(H,18,19). The predicted octanol–water partition coefficient (Wildman–Crippen LogP) is 3.02. The summed E-state index contributed by atoms with van der Waals surface area (Å²) in [6.07, 6.45) is 6.83. The highest BCUT2D eigenvalue weighted by molar-refractivity contribution is 7.10. The topological polar surface area (TPSA) is 41.1 Å². The van der Waals surface area contributed by atoms with Crippen LogP contribution in [-0.2, 0) is 11.2 Å². The molecule has 2 N–H and O–H groups in total. The number of carbonyl (C=O) groups excluding carboxylic acids is 1. The van der Waals surface area contributed by atoms with Crippen molar-refractivity contribution in [2.45, 2.75) is 57.5 Å². The number of hydrogen-bond acceptors (Lipinski definition) is 3. The molecule has 2 aliphatic rings. The molecule has 3 atom stereocenters. The number of fused-ring (bicyclic) bond motifs is 1. The van der Waals surface area contributed by atoms with Gasteiger partial charge in [-0.25, -0.2) is 0 Å². The van der Waals surface area contributed by atoms with Crippen molar-refractivity contribution in [1.29, 1.82) is 0 Å². The van der Waals surface area contributed by atoms with Crippen LogP contribution < -0.4 is 10.6 Å². The Balaban J connectivity index is 1.62. The molecule has 20 heavy (non-hydrogen) atoms. The van der Waals surface area contributed by atoms with E-state index in [0.29, 0.717) is 5.92 Å². The number of thiophene rings is 1. The maximum absolute atomic E-state index is 12.5. The summed E-state index contributed by atoms with van der Waals surface area (Å²) in [6.45, 7) is 3.20. The average molecular weight is 292 g/mol. The lowest BCUT2D eigenvalue weighted by atomic mass is 9.89. The van der Waals surface area contributed by atoms with E-state index in [1.807, 2.05) is 11.3 Å². The summed E-state index contributed by atoms with van der Waals surface area (Å²) in [5.41, 5.74) is 1.36. The minimum Gasteiger partial charge on any atom is -0.348 e. The zero-order valence-corrected chi connectivity index (χ0v) is 13.0. The Kier molecular flexibility index (Phi) is 4.41. The summed E-state index contributed by atoms with van der Waals surface area (Å²) in [4.78, 5) is 14.0. The second-order valence-electron chi connectivity index (χ2n) is 6.06. The van der Waals surface area contributed by atoms with Crippen LogP contribution in [0.15, 0.2) is 11.4 Å². The zero-order valence-electron chi connectivity index (χ0n) is 12.2. The molecule has 0 saturated carbocycles. The molecular formula is C16H24N2OS. The Labute approximate surface area is 125 Å². The van der Waals surface area contributed by atoms with E-state index < -0.39 is 0 Å². The Morgan fingerprint density at radius 1 is 1.50 bits per heavy atom. The van der Waals surface area contributed by atoms with Gasteiger partial charge in [0.2, 0.25) is 5.91 Å². The number of piperidine rings is 1. The van der Waals surface area contributed by atoms with E-state index in [1.165, 1.54) is 36.1 Å². The first kappa shape index (κ1) is 14.1. The van der Waals surface area contributed by atoms with Crippen LogP contribution in [0.2, 0.25) is 0 Å². The van der Waals surface area contributed by atoms with Crippen molar-refractivity contribution in [3.8, 4) is 0 Å². The third-order valence-corrected chi connectivity index (χ3v) is 5.77. The Morgan fingerprint density at radius 3 is 3.25 bits per heavy atom. The van der Waals surface area contributed by atoms with Gasteiger partial charge in [0.05, 0.1) is 12.1 Å². The molecule has 1 aliphatic heterocycles. The van der Waals surface area contributed by atoms with Gasteiger partial charge in [0.1, 0.15) is 0 Å². The van der Waals surface area contributed by atoms with Gasteiger partial charge in [0.25, 0.3) is 0 Å². The van der Waals surface area contributed by atoms with E-state index in [0.717, 1.165) is 19.4 Å². The van der Waals surface area contributed by atoms with Crippen molar-refractivity contribution in [1.82, 2.24) is 10.6 Å². The maximum atomic E-state index is 12.5. The Bertz CT molecular complexity index is 471. The van der Waals surface area contributed by atoms with E-state index in [4.69, 9.17) is 0 Å². The quantitative estimate of drug-likeness (QED) is 0.899. The van der Waals surface area contributed by atoms with Crippen molar-refractivity contribution >= 4 is 17.2 Å². The first-order valence-electron chi connectivity index (χ1n) is 7.88. The summed E-state index contributed by atoms with van der Waals surface area (Å²) in [6, 6.07) is 2.44. The minimum atomic E-state index is 0.0118. The molecule has 3 nitrogen and oxygen atoms in total. The molecule has 1 saturated heterocycles. The molecular weight excluding hydrogens is 268 g/mol. The third kappa shape index (κ3) is 2.91. The number of nitrogens with one attached hydrogen (secondary N) is 2. The molecule has 110 valence electrons. The summed E-state index contributed by atoms with van der Waals surface area (Å²) >= 11 is 1.83. The average Bonchev–Trinajstić information content (AvgIpc) is 2.97. The highest BCUT2D eigenvalue weighted by Gasteiger charge is 2.29. The number of rotatable bonds is 3. The molecule has 1 aromatic rings. The second-order valence-corrected chi connectivity index (χ2v) is 7.06. The summed E-state index contributed by atoms with van der Waals surface area (Å²) < 4.78 is 0. The monoisotopic (exact) mass is 292 g/mol. The lowest BCUT2D eigenvalue weighted by Crippen LogP contribution is -2.49. The molecule has 1 fully saturated rings. The minimum absolute atomic E-state index is 0.0118. The highest BCUT2D eigenvalue weighted by Crippen LogP contribution is 2.33. The molecule has 3 unspecified atom stereocenters. The largest absolute Gasteiger partial charge is 0.348 e. The van der Waals surface area contributed by atoms with Crippen LogP contribution in [0.4, 0.5) is 0 Å². The fourth-order valence-corrected chi connectivity index (χ4v) is 4.46. The van der Waals surface area contributed by atoms with Crippen molar-refractivity contribution < 1.29 is 4.79 Å². The Morgan fingerprint density at radius 2 is 2.40 bits per heavy atom. The summed E-state index contributed by atoms with van der Waals surface area (Å²) in [7, 11) is 0. The molecule has 1 amide bonds. The first-order valence-corrected chi connectivity index (χ1v) is 8.76. The molecule has 1 aromatic heterocycles. The number of aryl methyl sites for hydroxylation is 1. The normalized spacial score (nSPS) is 29.8. The lowest BCUT2D eigenvalue weighted by molar-refractivity contribution is -0.125. The third-order valence-electron chi connectivity index (χ3n) is 4.77. The molecule has 4 heteroatoms. The van der Waals surface area contributed by atoms with Crippen LogP contribution in [0.1, 0.15) is 55.5 Å². The number of hydrogen-bond donors (Lipinski definition) is 2. The van der Waals surface area contributed by atoms with Crippen LogP contribution in [-0.4, -0.2) is 18.5 Å². The number of amides is 1. The van der Waals surface area contributed by atoms with E-state index in [1.54, 1.807) is 0 Å². The fourth-order valence-electron chi connectivity index (χ4n) is 3.48. The molecule has 0 aromatic carbocycles.